The minimum Gasteiger partial charge on any atom is -0.662 e. The van der Waals surface area contributed by atoms with E-state index in [4.69, 9.17) is 25.8 Å². The van der Waals surface area contributed by atoms with Crippen LogP contribution in [0.3, 0.4) is 0 Å². The molecule has 0 aliphatic carbocycles. The van der Waals surface area contributed by atoms with Crippen molar-refractivity contribution in [1.29, 1.82) is 0 Å². The topological polar surface area (TPSA) is 77.9 Å². The number of fused-ring (bicyclic) bond motifs is 3. The molecule has 0 bridgehead atoms. The van der Waals surface area contributed by atoms with Gasteiger partial charge in [-0.15, -0.1) is 13.1 Å². The fourth-order valence-electron chi connectivity index (χ4n) is 5.17. The SMILES string of the molecule is COCCC[N-]CCCCCCOc1ccc(C2c3[nH]c4ccc(Cl)cc4c3CCN2C(=O)OCC(C)C)cc1.[Li+]. The van der Waals surface area contributed by atoms with Crippen molar-refractivity contribution in [3.63, 3.8) is 0 Å². The number of H-pyrrole nitrogens is 1. The van der Waals surface area contributed by atoms with Crippen LogP contribution in [-0.4, -0.2) is 62.5 Å². The number of rotatable bonds is 15. The van der Waals surface area contributed by atoms with E-state index in [1.807, 2.05) is 49.1 Å². The van der Waals surface area contributed by atoms with Gasteiger partial charge in [-0.3, -0.25) is 4.90 Å². The third-order valence-corrected chi connectivity index (χ3v) is 7.44. The minimum absolute atomic E-state index is 0. The smallest absolute Gasteiger partial charge is 0.662 e. The monoisotopic (exact) mass is 575 g/mol. The van der Waals surface area contributed by atoms with Crippen LogP contribution in [0.5, 0.6) is 5.75 Å². The fraction of sp³-hybridized carbons (Fsp3) is 0.531. The number of aromatic amines is 1. The van der Waals surface area contributed by atoms with Gasteiger partial charge in [-0.05, 0) is 66.6 Å². The minimum atomic E-state index is -0.288. The normalized spacial score (nSPS) is 14.7. The molecule has 1 atom stereocenters. The van der Waals surface area contributed by atoms with Gasteiger partial charge in [0.2, 0.25) is 0 Å². The zero-order chi connectivity index (χ0) is 28.3. The molecule has 2 aromatic carbocycles. The van der Waals surface area contributed by atoms with Crippen molar-refractivity contribution < 1.29 is 37.9 Å². The Labute approximate surface area is 261 Å². The second kappa shape index (κ2) is 17.1. The molecule has 1 unspecified atom stereocenters. The molecule has 0 radical (unpaired) electrons. The fourth-order valence-corrected chi connectivity index (χ4v) is 5.35. The number of nitrogens with one attached hydrogen (secondary N) is 1. The van der Waals surface area contributed by atoms with Crippen LogP contribution in [0.4, 0.5) is 4.79 Å². The van der Waals surface area contributed by atoms with Gasteiger partial charge in [-0.25, -0.2) is 4.79 Å². The van der Waals surface area contributed by atoms with Crippen molar-refractivity contribution in [2.24, 2.45) is 5.92 Å². The molecule has 0 fully saturated rings. The third kappa shape index (κ3) is 9.43. The largest absolute Gasteiger partial charge is 1.00 e. The molecule has 7 nitrogen and oxygen atoms in total. The average molecular weight is 576 g/mol. The molecule has 1 aromatic heterocycles. The molecule has 9 heteroatoms. The van der Waals surface area contributed by atoms with Crippen molar-refractivity contribution in [3.8, 4) is 5.75 Å². The molecule has 41 heavy (non-hydrogen) atoms. The van der Waals surface area contributed by atoms with Crippen LogP contribution in [0, 0.1) is 5.92 Å². The molecule has 3 aromatic rings. The first-order chi connectivity index (χ1) is 19.5. The molecule has 218 valence electrons. The summed E-state index contributed by atoms with van der Waals surface area (Å²) in [6.07, 6.45) is 5.90. The van der Waals surface area contributed by atoms with Crippen LogP contribution in [0.25, 0.3) is 16.2 Å². The molecule has 0 saturated carbocycles. The summed E-state index contributed by atoms with van der Waals surface area (Å²) >= 11 is 6.32. The van der Waals surface area contributed by atoms with E-state index in [0.29, 0.717) is 24.8 Å². The number of nitrogens with zero attached hydrogens (tertiary/aromatic N) is 2. The van der Waals surface area contributed by atoms with Crippen LogP contribution >= 0.6 is 11.6 Å². The van der Waals surface area contributed by atoms with E-state index in [1.165, 1.54) is 12.0 Å². The standard InChI is InChI=1S/C32H43ClN3O4.Li/c1-23(2)22-40-32(37)36-18-15-27-28-21-25(33)11-14-29(28)35-30(27)31(36)24-9-12-26(13-10-24)39-20-7-5-4-6-16-34-17-8-19-38-3;/h9-14,21,23,31,35H,4-8,15-20,22H2,1-3H3;/q-1;+1. The summed E-state index contributed by atoms with van der Waals surface area (Å²) < 4.78 is 16.7. The molecule has 2 heterocycles. The molecule has 0 saturated heterocycles. The predicted molar refractivity (Wildman–Crippen MR) is 162 cm³/mol. The van der Waals surface area contributed by atoms with Crippen molar-refractivity contribution >= 4 is 28.6 Å². The van der Waals surface area contributed by atoms with Gasteiger partial charge in [-0.2, -0.15) is 0 Å². The first-order valence-corrected chi connectivity index (χ1v) is 14.9. The number of amides is 1. The van der Waals surface area contributed by atoms with Gasteiger partial charge in [0.25, 0.3) is 0 Å². The van der Waals surface area contributed by atoms with Crippen molar-refractivity contribution in [1.82, 2.24) is 9.88 Å². The van der Waals surface area contributed by atoms with Crippen LogP contribution < -0.4 is 23.6 Å². The molecule has 0 spiro atoms. The number of carbonyl (C=O) groups excluding carboxylic acids is 1. The summed E-state index contributed by atoms with van der Waals surface area (Å²) in [6.45, 7) is 8.35. The third-order valence-electron chi connectivity index (χ3n) is 7.20. The first kappa shape index (κ1) is 33.4. The summed E-state index contributed by atoms with van der Waals surface area (Å²) in [5.41, 5.74) is 4.26. The second-order valence-electron chi connectivity index (χ2n) is 10.9. The zero-order valence-electron chi connectivity index (χ0n) is 25.1. The number of methoxy groups -OCH3 is 1. The van der Waals surface area contributed by atoms with Crippen molar-refractivity contribution in [3.05, 3.63) is 69.6 Å². The number of hydrogen-bond acceptors (Lipinski definition) is 4. The van der Waals surface area contributed by atoms with E-state index in [9.17, 15) is 4.79 Å². The van der Waals surface area contributed by atoms with Gasteiger partial charge in [-0.1, -0.05) is 56.8 Å². The molecule has 1 aliphatic heterocycles. The number of aromatic nitrogens is 1. The average Bonchev–Trinajstić information content (AvgIpc) is 3.32. The van der Waals surface area contributed by atoms with Crippen molar-refractivity contribution in [2.75, 3.05) is 46.6 Å². The molecule has 1 amide bonds. The van der Waals surface area contributed by atoms with Gasteiger partial charge in [0.15, 0.2) is 0 Å². The van der Waals surface area contributed by atoms with Crippen LogP contribution in [-0.2, 0) is 15.9 Å². The van der Waals surface area contributed by atoms with Crippen LogP contribution in [0.15, 0.2) is 42.5 Å². The number of benzene rings is 2. The number of halogens is 1. The van der Waals surface area contributed by atoms with E-state index < -0.39 is 0 Å². The maximum Gasteiger partial charge on any atom is 1.00 e. The van der Waals surface area contributed by atoms with Crippen LogP contribution in [0.1, 0.15) is 68.8 Å². The Balaban J connectivity index is 0.00000462. The Kier molecular flexibility index (Phi) is 13.9. The molecule has 1 N–H and O–H groups in total. The zero-order valence-corrected chi connectivity index (χ0v) is 25.8. The maximum atomic E-state index is 13.2. The predicted octanol–water partition coefficient (Wildman–Crippen LogP) is 4.91. The van der Waals surface area contributed by atoms with Gasteiger partial charge >= 0.3 is 25.0 Å². The maximum absolute atomic E-state index is 13.2. The quantitative estimate of drug-likeness (QED) is 0.206. The number of carbonyl (C=O) groups is 1. The summed E-state index contributed by atoms with van der Waals surface area (Å²) in [5.74, 6) is 1.11. The Hall–Kier alpha value is -2.14. The van der Waals surface area contributed by atoms with Gasteiger partial charge in [0.05, 0.1) is 13.2 Å². The first-order valence-electron chi connectivity index (χ1n) is 14.6. The second-order valence-corrected chi connectivity index (χ2v) is 11.3. The van der Waals surface area contributed by atoms with E-state index in [-0.39, 0.29) is 36.9 Å². The van der Waals surface area contributed by atoms with E-state index in [0.717, 1.165) is 79.7 Å². The Morgan fingerprint density at radius 3 is 2.56 bits per heavy atom. The van der Waals surface area contributed by atoms with Gasteiger partial charge in [0, 0.05) is 41.9 Å². The summed E-state index contributed by atoms with van der Waals surface area (Å²) in [4.78, 5) is 18.6. The van der Waals surface area contributed by atoms with E-state index in [2.05, 4.69) is 22.4 Å². The summed E-state index contributed by atoms with van der Waals surface area (Å²) in [5, 5.41) is 6.35. The van der Waals surface area contributed by atoms with E-state index >= 15 is 0 Å². The summed E-state index contributed by atoms with van der Waals surface area (Å²) in [7, 11) is 1.73. The van der Waals surface area contributed by atoms with Crippen molar-refractivity contribution in [2.45, 2.75) is 58.4 Å². The number of ether oxygens (including phenoxy) is 3. The van der Waals surface area contributed by atoms with E-state index in [1.54, 1.807) is 7.11 Å². The molecular weight excluding hydrogens is 533 g/mol. The number of hydrogen-bond donors (Lipinski definition) is 1. The molecular formula is C32H43ClLiN3O4. The van der Waals surface area contributed by atoms with Crippen LogP contribution in [0.2, 0.25) is 5.02 Å². The Bertz CT molecular complexity index is 1220. The number of unbranched alkanes of at least 4 members (excludes halogenated alkanes) is 3. The Morgan fingerprint density at radius 1 is 1.05 bits per heavy atom. The summed E-state index contributed by atoms with van der Waals surface area (Å²) in [6, 6.07) is 13.7. The molecule has 1 aliphatic rings. The van der Waals surface area contributed by atoms with Gasteiger partial charge < -0.3 is 24.5 Å². The Morgan fingerprint density at radius 2 is 1.80 bits per heavy atom. The molecule has 4 rings (SSSR count). The van der Waals surface area contributed by atoms with Gasteiger partial charge in [0.1, 0.15) is 11.8 Å².